The third-order valence-corrected chi connectivity index (χ3v) is 5.92. The van der Waals surface area contributed by atoms with E-state index in [2.05, 4.69) is 5.16 Å². The predicted octanol–water partition coefficient (Wildman–Crippen LogP) is 3.60. The molecule has 0 unspecified atom stereocenters. The summed E-state index contributed by atoms with van der Waals surface area (Å²) in [7, 11) is 3.15. The molecule has 1 saturated heterocycles. The van der Waals surface area contributed by atoms with Crippen molar-refractivity contribution >= 4 is 17.5 Å². The summed E-state index contributed by atoms with van der Waals surface area (Å²) in [6.07, 6.45) is 4.45. The van der Waals surface area contributed by atoms with Crippen molar-refractivity contribution in [1.29, 1.82) is 0 Å². The molecule has 3 aromatic heterocycles. The molecule has 4 heterocycles. The second-order valence-electron chi connectivity index (χ2n) is 8.29. The number of hydrogen-bond acceptors (Lipinski definition) is 7. The van der Waals surface area contributed by atoms with Crippen molar-refractivity contribution in [3.8, 4) is 0 Å². The molecule has 0 spiro atoms. The highest BCUT2D eigenvalue weighted by molar-refractivity contribution is 6.44. The van der Waals surface area contributed by atoms with Crippen LogP contribution in [0.2, 0.25) is 0 Å². The summed E-state index contributed by atoms with van der Waals surface area (Å²) in [5.41, 5.74) is 2.35. The Kier molecular flexibility index (Phi) is 7.10. The average molecular weight is 465 g/mol. The van der Waals surface area contributed by atoms with Gasteiger partial charge in [-0.05, 0) is 56.2 Å². The number of likely N-dealkylation sites (tertiary alicyclic amines) is 1. The third-order valence-electron chi connectivity index (χ3n) is 5.92. The van der Waals surface area contributed by atoms with Gasteiger partial charge < -0.3 is 23.5 Å². The SMILES string of the molecule is CO/N=C(/C(=O)N1CCC(c2nc(C)ccc2C(=O)N(C)Cc2ccco2)CC1)c1ccco1. The first-order valence-corrected chi connectivity index (χ1v) is 11.2. The van der Waals surface area contributed by atoms with Gasteiger partial charge in [0, 0.05) is 31.7 Å². The summed E-state index contributed by atoms with van der Waals surface area (Å²) < 4.78 is 10.7. The largest absolute Gasteiger partial charge is 0.467 e. The normalized spacial score (nSPS) is 14.8. The van der Waals surface area contributed by atoms with Gasteiger partial charge in [-0.3, -0.25) is 14.6 Å². The monoisotopic (exact) mass is 464 g/mol. The lowest BCUT2D eigenvalue weighted by Gasteiger charge is -2.32. The van der Waals surface area contributed by atoms with Crippen LogP contribution >= 0.6 is 0 Å². The quantitative estimate of drug-likeness (QED) is 0.391. The lowest BCUT2D eigenvalue weighted by molar-refractivity contribution is -0.125. The molecule has 0 N–H and O–H groups in total. The second-order valence-corrected chi connectivity index (χ2v) is 8.29. The molecule has 1 fully saturated rings. The standard InChI is InChI=1S/C25H28N4O5/c1-17-8-9-20(24(30)28(2)16-19-6-4-14-33-19)22(26-17)18-10-12-29(13-11-18)25(31)23(27-32-3)21-7-5-15-34-21/h4-9,14-15,18H,10-13,16H2,1-3H3/b27-23+. The number of pyridine rings is 1. The van der Waals surface area contributed by atoms with Crippen molar-refractivity contribution in [3.05, 3.63) is 77.4 Å². The summed E-state index contributed by atoms with van der Waals surface area (Å²) in [6, 6.07) is 10.7. The summed E-state index contributed by atoms with van der Waals surface area (Å²) >= 11 is 0. The van der Waals surface area contributed by atoms with Crippen LogP contribution in [-0.4, -0.2) is 59.6 Å². The van der Waals surface area contributed by atoms with Crippen LogP contribution < -0.4 is 0 Å². The van der Waals surface area contributed by atoms with E-state index in [4.69, 9.17) is 18.7 Å². The Morgan fingerprint density at radius 3 is 2.53 bits per heavy atom. The zero-order chi connectivity index (χ0) is 24.1. The van der Waals surface area contributed by atoms with Gasteiger partial charge in [-0.15, -0.1) is 0 Å². The zero-order valence-corrected chi connectivity index (χ0v) is 19.6. The van der Waals surface area contributed by atoms with Crippen molar-refractivity contribution in [2.45, 2.75) is 32.2 Å². The van der Waals surface area contributed by atoms with Gasteiger partial charge in [-0.25, -0.2) is 0 Å². The molecule has 0 saturated carbocycles. The number of nitrogens with zero attached hydrogens (tertiary/aromatic N) is 4. The number of aromatic nitrogens is 1. The van der Waals surface area contributed by atoms with Crippen LogP contribution in [0.5, 0.6) is 0 Å². The lowest BCUT2D eigenvalue weighted by atomic mass is 9.89. The number of hydrogen-bond donors (Lipinski definition) is 0. The second kappa shape index (κ2) is 10.4. The molecule has 0 aromatic carbocycles. The molecule has 0 bridgehead atoms. The molecule has 9 nitrogen and oxygen atoms in total. The highest BCUT2D eigenvalue weighted by Gasteiger charge is 2.31. The minimum absolute atomic E-state index is 0.0614. The Labute approximate surface area is 198 Å². The highest BCUT2D eigenvalue weighted by atomic mass is 16.6. The zero-order valence-electron chi connectivity index (χ0n) is 19.6. The van der Waals surface area contributed by atoms with E-state index in [0.717, 1.165) is 17.1 Å². The van der Waals surface area contributed by atoms with Crippen molar-refractivity contribution in [3.63, 3.8) is 0 Å². The smallest absolute Gasteiger partial charge is 0.279 e. The molecule has 4 rings (SSSR count). The van der Waals surface area contributed by atoms with E-state index < -0.39 is 0 Å². The number of piperidine rings is 1. The Morgan fingerprint density at radius 1 is 1.15 bits per heavy atom. The number of amides is 2. The van der Waals surface area contributed by atoms with Gasteiger partial charge in [-0.2, -0.15) is 0 Å². The fourth-order valence-electron chi connectivity index (χ4n) is 4.18. The van der Waals surface area contributed by atoms with Gasteiger partial charge in [-0.1, -0.05) is 5.16 Å². The van der Waals surface area contributed by atoms with Gasteiger partial charge >= 0.3 is 0 Å². The third kappa shape index (κ3) is 5.03. The Balaban J connectivity index is 1.48. The Bertz CT molecular complexity index is 1150. The van der Waals surface area contributed by atoms with Gasteiger partial charge in [0.05, 0.1) is 30.3 Å². The first-order valence-electron chi connectivity index (χ1n) is 11.2. The molecule has 1 aliphatic heterocycles. The van der Waals surface area contributed by atoms with Crippen molar-refractivity contribution in [2.75, 3.05) is 27.2 Å². The summed E-state index contributed by atoms with van der Waals surface area (Å²) in [6.45, 7) is 3.32. The number of furan rings is 2. The van der Waals surface area contributed by atoms with E-state index in [1.54, 1.807) is 41.3 Å². The van der Waals surface area contributed by atoms with Gasteiger partial charge in [0.15, 0.2) is 5.76 Å². The first kappa shape index (κ1) is 23.3. The highest BCUT2D eigenvalue weighted by Crippen LogP contribution is 2.30. The Morgan fingerprint density at radius 2 is 1.88 bits per heavy atom. The van der Waals surface area contributed by atoms with Crippen LogP contribution in [0.4, 0.5) is 0 Å². The number of carbonyl (C=O) groups excluding carboxylic acids is 2. The lowest BCUT2D eigenvalue weighted by Crippen LogP contribution is -2.42. The van der Waals surface area contributed by atoms with Crippen LogP contribution in [0.15, 0.2) is 62.9 Å². The summed E-state index contributed by atoms with van der Waals surface area (Å²) in [4.78, 5) is 39.3. The molecule has 0 radical (unpaired) electrons. The molecule has 2 amide bonds. The van der Waals surface area contributed by atoms with Crippen LogP contribution in [0.3, 0.4) is 0 Å². The van der Waals surface area contributed by atoms with E-state index in [9.17, 15) is 9.59 Å². The van der Waals surface area contributed by atoms with Crippen molar-refractivity contribution in [1.82, 2.24) is 14.8 Å². The maximum Gasteiger partial charge on any atom is 0.279 e. The molecule has 0 aliphatic carbocycles. The van der Waals surface area contributed by atoms with Gasteiger partial charge in [0.1, 0.15) is 12.9 Å². The molecule has 1 aliphatic rings. The minimum atomic E-state index is -0.248. The number of oxime groups is 1. The van der Waals surface area contributed by atoms with Crippen LogP contribution in [-0.2, 0) is 16.2 Å². The maximum atomic E-state index is 13.3. The Hall–Kier alpha value is -3.88. The maximum absolute atomic E-state index is 13.3. The van der Waals surface area contributed by atoms with Gasteiger partial charge in [0.25, 0.3) is 11.8 Å². The van der Waals surface area contributed by atoms with Crippen LogP contribution in [0.25, 0.3) is 0 Å². The van der Waals surface area contributed by atoms with E-state index in [0.29, 0.717) is 43.8 Å². The number of rotatable bonds is 7. The predicted molar refractivity (Wildman–Crippen MR) is 124 cm³/mol. The first-order chi connectivity index (χ1) is 16.5. The van der Waals surface area contributed by atoms with E-state index >= 15 is 0 Å². The van der Waals surface area contributed by atoms with Crippen molar-refractivity contribution in [2.24, 2.45) is 5.16 Å². The molecular formula is C25H28N4O5. The molecule has 3 aromatic rings. The molecule has 0 atom stereocenters. The fraction of sp³-hybridized carbons (Fsp3) is 0.360. The van der Waals surface area contributed by atoms with E-state index in [-0.39, 0.29) is 23.4 Å². The minimum Gasteiger partial charge on any atom is -0.467 e. The van der Waals surface area contributed by atoms with Crippen LogP contribution in [0, 0.1) is 6.92 Å². The van der Waals surface area contributed by atoms with Gasteiger partial charge in [0.2, 0.25) is 5.71 Å². The molecule has 34 heavy (non-hydrogen) atoms. The average Bonchev–Trinajstić information content (AvgIpc) is 3.56. The number of aryl methyl sites for hydroxylation is 1. The molecule has 9 heteroatoms. The number of carbonyl (C=O) groups is 2. The molecular weight excluding hydrogens is 436 g/mol. The van der Waals surface area contributed by atoms with E-state index in [1.165, 1.54) is 13.4 Å². The summed E-state index contributed by atoms with van der Waals surface area (Å²) in [5, 5.41) is 3.88. The van der Waals surface area contributed by atoms with Crippen molar-refractivity contribution < 1.29 is 23.3 Å². The molecule has 178 valence electrons. The van der Waals surface area contributed by atoms with E-state index in [1.807, 2.05) is 25.1 Å². The summed E-state index contributed by atoms with van der Waals surface area (Å²) in [5.74, 6) is 0.786. The topological polar surface area (TPSA) is 101 Å². The van der Waals surface area contributed by atoms with Crippen LogP contribution in [0.1, 0.15) is 52.0 Å². The fourth-order valence-corrected chi connectivity index (χ4v) is 4.18.